The standard InChI is InChI=1S/C14H21F6NSi2/c1-22(2,3)12(23(4,5)6)10-7-9(13(15,16)17)8-11(21-10)14(18,19)20/h7-8,12H,1-6H3. The van der Waals surface area contributed by atoms with Crippen LogP contribution in [0.15, 0.2) is 12.1 Å². The van der Waals surface area contributed by atoms with Gasteiger partial charge in [-0.25, -0.2) is 4.98 Å². The summed E-state index contributed by atoms with van der Waals surface area (Å²) >= 11 is 0. The second kappa shape index (κ2) is 5.91. The molecule has 0 bridgehead atoms. The number of halogens is 6. The Morgan fingerprint density at radius 3 is 1.52 bits per heavy atom. The molecule has 0 saturated heterocycles. The average molecular weight is 373 g/mol. The fourth-order valence-electron chi connectivity index (χ4n) is 3.20. The molecule has 0 aliphatic rings. The van der Waals surface area contributed by atoms with Gasteiger partial charge in [-0.3, -0.25) is 0 Å². The predicted molar refractivity (Wildman–Crippen MR) is 83.7 cm³/mol. The summed E-state index contributed by atoms with van der Waals surface area (Å²) in [7, 11) is -4.12. The van der Waals surface area contributed by atoms with Gasteiger partial charge in [-0.2, -0.15) is 26.3 Å². The molecular formula is C14H21F6NSi2. The molecule has 0 atom stereocenters. The molecule has 1 aromatic heterocycles. The van der Waals surface area contributed by atoms with Crippen LogP contribution in [-0.4, -0.2) is 21.1 Å². The van der Waals surface area contributed by atoms with Gasteiger partial charge in [0.25, 0.3) is 0 Å². The first-order valence-corrected chi connectivity index (χ1v) is 14.3. The van der Waals surface area contributed by atoms with E-state index in [2.05, 4.69) is 4.98 Å². The molecule has 1 heterocycles. The van der Waals surface area contributed by atoms with E-state index in [9.17, 15) is 26.3 Å². The third-order valence-electron chi connectivity index (χ3n) is 3.49. The number of hydrogen-bond donors (Lipinski definition) is 0. The van der Waals surface area contributed by atoms with Crippen LogP contribution in [0.5, 0.6) is 0 Å². The summed E-state index contributed by atoms with van der Waals surface area (Å²) in [5.74, 6) is 0. The molecule has 0 aliphatic carbocycles. The van der Waals surface area contributed by atoms with Crippen LogP contribution in [0.3, 0.4) is 0 Å². The van der Waals surface area contributed by atoms with E-state index in [4.69, 9.17) is 0 Å². The van der Waals surface area contributed by atoms with Crippen molar-refractivity contribution in [3.8, 4) is 0 Å². The smallest absolute Gasteiger partial charge is 0.249 e. The molecule has 0 spiro atoms. The SMILES string of the molecule is C[Si](C)(C)C(c1cc(C(F)(F)F)cc(C(F)(F)F)n1)[Si](C)(C)C. The Hall–Kier alpha value is -0.836. The van der Waals surface area contributed by atoms with Gasteiger partial charge in [-0.05, 0) is 17.3 Å². The zero-order valence-electron chi connectivity index (χ0n) is 13.9. The summed E-state index contributed by atoms with van der Waals surface area (Å²) in [5.41, 5.74) is -2.81. The summed E-state index contributed by atoms with van der Waals surface area (Å²) in [4.78, 5) is 3.60. The molecule has 0 fully saturated rings. The summed E-state index contributed by atoms with van der Waals surface area (Å²) in [6.07, 6.45) is -9.74. The van der Waals surface area contributed by atoms with E-state index in [1.165, 1.54) is 0 Å². The minimum Gasteiger partial charge on any atom is -0.249 e. The average Bonchev–Trinajstić information content (AvgIpc) is 2.21. The largest absolute Gasteiger partial charge is 0.433 e. The monoisotopic (exact) mass is 373 g/mol. The maximum atomic E-state index is 13.0. The normalized spacial score (nSPS) is 14.5. The molecule has 9 heteroatoms. The first-order chi connectivity index (χ1) is 9.94. The van der Waals surface area contributed by atoms with Crippen molar-refractivity contribution in [3.05, 3.63) is 29.1 Å². The Morgan fingerprint density at radius 1 is 0.783 bits per heavy atom. The molecule has 132 valence electrons. The highest BCUT2D eigenvalue weighted by Gasteiger charge is 2.43. The third kappa shape index (κ3) is 5.07. The molecule has 0 N–H and O–H groups in total. The molecule has 0 amide bonds. The Bertz CT molecular complexity index is 520. The van der Waals surface area contributed by atoms with Crippen molar-refractivity contribution < 1.29 is 26.3 Å². The zero-order valence-corrected chi connectivity index (χ0v) is 15.9. The quantitative estimate of drug-likeness (QED) is 0.471. The van der Waals surface area contributed by atoms with Crippen molar-refractivity contribution in [1.82, 2.24) is 4.98 Å². The minimum atomic E-state index is -4.90. The predicted octanol–water partition coefficient (Wildman–Crippen LogP) is 5.96. The van der Waals surface area contributed by atoms with E-state index in [-0.39, 0.29) is 16.9 Å². The van der Waals surface area contributed by atoms with Gasteiger partial charge in [-0.15, -0.1) is 0 Å². The molecular weight excluding hydrogens is 352 g/mol. The molecule has 0 aliphatic heterocycles. The highest BCUT2D eigenvalue weighted by molar-refractivity contribution is 6.96. The molecule has 23 heavy (non-hydrogen) atoms. The van der Waals surface area contributed by atoms with Gasteiger partial charge < -0.3 is 0 Å². The van der Waals surface area contributed by atoms with E-state index in [0.29, 0.717) is 0 Å². The lowest BCUT2D eigenvalue weighted by Gasteiger charge is -2.38. The van der Waals surface area contributed by atoms with E-state index in [1.54, 1.807) is 0 Å². The highest BCUT2D eigenvalue weighted by Crippen LogP contribution is 2.40. The number of aromatic nitrogens is 1. The van der Waals surface area contributed by atoms with Gasteiger partial charge in [0.05, 0.1) is 21.7 Å². The van der Waals surface area contributed by atoms with Gasteiger partial charge in [0, 0.05) is 5.69 Å². The Labute approximate surface area is 134 Å². The number of nitrogens with zero attached hydrogens (tertiary/aromatic N) is 1. The van der Waals surface area contributed by atoms with Crippen LogP contribution in [-0.2, 0) is 12.4 Å². The van der Waals surface area contributed by atoms with Gasteiger partial charge >= 0.3 is 12.4 Å². The van der Waals surface area contributed by atoms with Crippen LogP contribution in [0.1, 0.15) is 22.1 Å². The summed E-state index contributed by atoms with van der Waals surface area (Å²) in [6.45, 7) is 11.7. The Kier molecular flexibility index (Phi) is 5.19. The van der Waals surface area contributed by atoms with E-state index in [0.717, 1.165) is 6.07 Å². The third-order valence-corrected chi connectivity index (χ3v) is 12.7. The fraction of sp³-hybridized carbons (Fsp3) is 0.643. The maximum absolute atomic E-state index is 13.0. The van der Waals surface area contributed by atoms with Crippen molar-refractivity contribution in [2.75, 3.05) is 0 Å². The van der Waals surface area contributed by atoms with Gasteiger partial charge in [0.1, 0.15) is 5.69 Å². The van der Waals surface area contributed by atoms with Gasteiger partial charge in [-0.1, -0.05) is 39.3 Å². The lowest BCUT2D eigenvalue weighted by Crippen LogP contribution is -2.47. The summed E-state index contributed by atoms with van der Waals surface area (Å²) < 4.78 is 78.0. The Morgan fingerprint density at radius 2 is 1.22 bits per heavy atom. The summed E-state index contributed by atoms with van der Waals surface area (Å²) in [5, 5.41) is -0.307. The second-order valence-corrected chi connectivity index (χ2v) is 19.0. The van der Waals surface area contributed by atoms with Crippen LogP contribution >= 0.6 is 0 Å². The molecule has 0 aromatic carbocycles. The van der Waals surface area contributed by atoms with Crippen LogP contribution in [0.25, 0.3) is 0 Å². The minimum absolute atomic E-state index is 0.0644. The highest BCUT2D eigenvalue weighted by atomic mass is 28.4. The van der Waals surface area contributed by atoms with E-state index in [1.807, 2.05) is 39.3 Å². The Balaban J connectivity index is 3.69. The van der Waals surface area contributed by atoms with E-state index < -0.39 is 39.8 Å². The number of hydrogen-bond acceptors (Lipinski definition) is 1. The topological polar surface area (TPSA) is 12.9 Å². The molecule has 0 radical (unpaired) electrons. The molecule has 1 aromatic rings. The van der Waals surface area contributed by atoms with Crippen molar-refractivity contribution in [2.24, 2.45) is 0 Å². The zero-order chi connectivity index (χ0) is 18.4. The number of alkyl halides is 6. The first-order valence-electron chi connectivity index (χ1n) is 7.10. The molecule has 1 nitrogen and oxygen atoms in total. The van der Waals surface area contributed by atoms with E-state index >= 15 is 0 Å². The van der Waals surface area contributed by atoms with Gasteiger partial charge in [0.15, 0.2) is 0 Å². The molecule has 1 rings (SSSR count). The van der Waals surface area contributed by atoms with Crippen LogP contribution < -0.4 is 0 Å². The van der Waals surface area contributed by atoms with Crippen molar-refractivity contribution in [2.45, 2.75) is 56.8 Å². The van der Waals surface area contributed by atoms with Crippen LogP contribution in [0.2, 0.25) is 39.3 Å². The fourth-order valence-corrected chi connectivity index (χ4v) is 15.7. The molecule has 0 saturated carbocycles. The first kappa shape index (κ1) is 20.2. The van der Waals surface area contributed by atoms with Crippen molar-refractivity contribution in [1.29, 1.82) is 0 Å². The molecule has 0 unspecified atom stereocenters. The van der Waals surface area contributed by atoms with Crippen LogP contribution in [0, 0.1) is 0 Å². The second-order valence-electron chi connectivity index (χ2n) is 7.83. The van der Waals surface area contributed by atoms with Crippen LogP contribution in [0.4, 0.5) is 26.3 Å². The van der Waals surface area contributed by atoms with Gasteiger partial charge in [0.2, 0.25) is 0 Å². The maximum Gasteiger partial charge on any atom is 0.433 e. The van der Waals surface area contributed by atoms with Crippen molar-refractivity contribution in [3.63, 3.8) is 0 Å². The lowest BCUT2D eigenvalue weighted by atomic mass is 10.2. The number of rotatable bonds is 3. The lowest BCUT2D eigenvalue weighted by molar-refractivity contribution is -0.145. The van der Waals surface area contributed by atoms with Crippen molar-refractivity contribution >= 4 is 16.1 Å². The summed E-state index contributed by atoms with van der Waals surface area (Å²) in [6, 6.07) is 0.894. The number of pyridine rings is 1.